The maximum absolute atomic E-state index is 8.09. The summed E-state index contributed by atoms with van der Waals surface area (Å²) in [4.78, 5) is 0. The lowest BCUT2D eigenvalue weighted by molar-refractivity contribution is -0.923. The number of rotatable bonds is 12. The Kier molecular flexibility index (Phi) is 16.6. The summed E-state index contributed by atoms with van der Waals surface area (Å²) in [5.41, 5.74) is 0. The third-order valence-corrected chi connectivity index (χ3v) is 5.27. The number of quaternary nitrogens is 1. The predicted octanol–water partition coefficient (Wildman–Crippen LogP) is 4.69. The molecule has 0 radical (unpaired) electrons. The van der Waals surface area contributed by atoms with Crippen molar-refractivity contribution in [3.63, 3.8) is 0 Å². The summed E-state index contributed by atoms with van der Waals surface area (Å²) in [6.45, 7) is 14.7. The number of nitrogens with zero attached hydrogens (tertiary/aromatic N) is 5. The lowest BCUT2D eigenvalue weighted by Crippen LogP contribution is -2.48. The Morgan fingerprint density at radius 3 is 1.19 bits per heavy atom. The van der Waals surface area contributed by atoms with Crippen molar-refractivity contribution in [2.24, 2.45) is 0 Å². The highest BCUT2D eigenvalue weighted by Gasteiger charge is 2.22. The van der Waals surface area contributed by atoms with Crippen LogP contribution < -0.4 is 0 Å². The highest BCUT2D eigenvalue weighted by molar-refractivity contribution is 7.05. The van der Waals surface area contributed by atoms with E-state index in [1.165, 1.54) is 106 Å². The van der Waals surface area contributed by atoms with Gasteiger partial charge in [-0.05, 0) is 33.6 Å². The molecule has 0 aromatic carbocycles. The Bertz CT molecular complexity index is 445. The molecule has 0 aromatic heterocycles. The molecule has 0 aliphatic heterocycles. The Morgan fingerprint density at radius 1 is 0.577 bits per heavy atom. The molecule has 0 rings (SSSR count). The zero-order valence-electron chi connectivity index (χ0n) is 17.3. The zero-order valence-corrected chi connectivity index (χ0v) is 17.3. The molecule has 0 aliphatic rings. The van der Waals surface area contributed by atoms with Crippen LogP contribution in [0.2, 0.25) is 0 Å². The van der Waals surface area contributed by atoms with Gasteiger partial charge in [0.15, 0.2) is 0 Å². The first-order valence-electron chi connectivity index (χ1n) is 10.1. The average Bonchev–Trinajstić information content (AvgIpc) is 2.70. The fourth-order valence-corrected chi connectivity index (χ4v) is 2.90. The van der Waals surface area contributed by atoms with Crippen molar-refractivity contribution < 1.29 is 4.48 Å². The van der Waals surface area contributed by atoms with Crippen LogP contribution in [0.5, 0.6) is 0 Å². The summed E-state index contributed by atoms with van der Waals surface area (Å²) >= 11 is 0. The third kappa shape index (κ3) is 10.8. The molecule has 0 N–H and O–H groups in total. The van der Waals surface area contributed by atoms with Gasteiger partial charge in [0.05, 0.1) is 26.2 Å². The minimum absolute atomic E-state index is 1.31. The summed E-state index contributed by atoms with van der Waals surface area (Å²) in [7, 11) is 0. The molecular weight excluding hydrogens is 321 g/mol. The number of hydrogen-bond acceptors (Lipinski definition) is 4. The van der Waals surface area contributed by atoms with Crippen LogP contribution in [0.1, 0.15) is 79.1 Å². The van der Waals surface area contributed by atoms with E-state index in [0.29, 0.717) is 0 Å². The van der Waals surface area contributed by atoms with Crippen molar-refractivity contribution in [2.45, 2.75) is 79.1 Å². The Morgan fingerprint density at radius 2 is 0.923 bits per heavy atom. The molecule has 26 heavy (non-hydrogen) atoms. The van der Waals surface area contributed by atoms with E-state index < -0.39 is 6.15 Å². The summed E-state index contributed by atoms with van der Waals surface area (Å²) in [5.74, 6) is 5.38. The minimum Gasteiger partial charge on any atom is -0.324 e. The molecule has 0 fully saturated rings. The van der Waals surface area contributed by atoms with Crippen molar-refractivity contribution >= 4 is 6.15 Å². The van der Waals surface area contributed by atoms with E-state index in [0.717, 1.165) is 0 Å². The van der Waals surface area contributed by atoms with E-state index in [4.69, 9.17) is 21.0 Å². The van der Waals surface area contributed by atoms with Crippen molar-refractivity contribution in [2.75, 3.05) is 26.2 Å². The standard InChI is InChI=1S/C16H36N.C4BN4/c1-5-9-10-11-12-13-14-15-16-17(6-2,7-3)8-4;6-1-5(2-7,3-8)4-9/h5-16H2,1-4H3;/q+1;-1. The first-order valence-corrected chi connectivity index (χ1v) is 10.1. The second-order valence-electron chi connectivity index (χ2n) is 6.87. The van der Waals surface area contributed by atoms with E-state index in [-0.39, 0.29) is 0 Å². The predicted molar refractivity (Wildman–Crippen MR) is 108 cm³/mol. The highest BCUT2D eigenvalue weighted by Crippen LogP contribution is 2.12. The molecule has 0 bridgehead atoms. The van der Waals surface area contributed by atoms with Crippen LogP contribution in [0.4, 0.5) is 0 Å². The third-order valence-electron chi connectivity index (χ3n) is 5.27. The van der Waals surface area contributed by atoms with Gasteiger partial charge in [-0.2, -0.15) is 0 Å². The fraction of sp³-hybridized carbons (Fsp3) is 0.800. The van der Waals surface area contributed by atoms with Crippen molar-refractivity contribution in [3.05, 3.63) is 0 Å². The van der Waals surface area contributed by atoms with Gasteiger partial charge < -0.3 is 4.48 Å². The molecule has 5 nitrogen and oxygen atoms in total. The normalized spacial score (nSPS) is 10.5. The smallest absolute Gasteiger partial charge is 0.324 e. The largest absolute Gasteiger partial charge is 0.383 e. The first-order chi connectivity index (χ1) is 12.5. The molecule has 0 atom stereocenters. The van der Waals surface area contributed by atoms with Crippen molar-refractivity contribution in [3.8, 4) is 23.9 Å². The number of unbranched alkanes of at least 4 members (excludes halogenated alkanes) is 7. The lowest BCUT2D eigenvalue weighted by Gasteiger charge is -2.35. The van der Waals surface area contributed by atoms with Crippen LogP contribution in [0.15, 0.2) is 0 Å². The fourth-order valence-electron chi connectivity index (χ4n) is 2.90. The van der Waals surface area contributed by atoms with E-state index >= 15 is 0 Å². The number of hydrogen-bond donors (Lipinski definition) is 0. The minimum atomic E-state index is -2.72. The second kappa shape index (κ2) is 16.5. The maximum Gasteiger partial charge on any atom is 0.383 e. The summed E-state index contributed by atoms with van der Waals surface area (Å²) in [6.07, 6.45) is 8.80. The molecule has 0 aliphatic carbocycles. The van der Waals surface area contributed by atoms with Gasteiger partial charge >= 0.3 is 6.15 Å². The number of nitriles is 4. The van der Waals surface area contributed by atoms with Crippen LogP contribution in [0, 0.1) is 44.9 Å². The van der Waals surface area contributed by atoms with Gasteiger partial charge in [-0.25, -0.2) is 21.0 Å². The molecule has 144 valence electrons. The van der Waals surface area contributed by atoms with Gasteiger partial charge in [0, 0.05) is 0 Å². The van der Waals surface area contributed by atoms with E-state index in [1.807, 2.05) is 0 Å². The quantitative estimate of drug-likeness (QED) is 0.287. The van der Waals surface area contributed by atoms with Gasteiger partial charge in [0.2, 0.25) is 0 Å². The van der Waals surface area contributed by atoms with Crippen LogP contribution in [-0.2, 0) is 0 Å². The van der Waals surface area contributed by atoms with Crippen LogP contribution in [0.25, 0.3) is 0 Å². The summed E-state index contributed by atoms with van der Waals surface area (Å²) < 4.78 is 1.33. The van der Waals surface area contributed by atoms with E-state index in [2.05, 4.69) is 27.7 Å². The molecule has 0 heterocycles. The van der Waals surface area contributed by atoms with Gasteiger partial charge in [-0.3, -0.25) is 0 Å². The summed E-state index contributed by atoms with van der Waals surface area (Å²) in [5, 5.41) is 32.3. The highest BCUT2D eigenvalue weighted by atomic mass is 15.3. The Labute approximate surface area is 161 Å². The monoisotopic (exact) mass is 357 g/mol. The van der Waals surface area contributed by atoms with Gasteiger partial charge in [-0.1, -0.05) is 45.4 Å². The first kappa shape index (κ1) is 26.2. The molecule has 0 saturated carbocycles. The van der Waals surface area contributed by atoms with Crippen LogP contribution in [-0.4, -0.2) is 36.8 Å². The second-order valence-corrected chi connectivity index (χ2v) is 6.87. The summed E-state index contributed by atoms with van der Waals surface area (Å²) in [6, 6.07) is 0. The Balaban J connectivity index is 0. The van der Waals surface area contributed by atoms with Gasteiger partial charge in [0.25, 0.3) is 0 Å². The lowest BCUT2D eigenvalue weighted by atomic mass is 9.30. The molecule has 6 heteroatoms. The van der Waals surface area contributed by atoms with E-state index in [9.17, 15) is 0 Å². The van der Waals surface area contributed by atoms with Crippen LogP contribution in [0.3, 0.4) is 0 Å². The van der Waals surface area contributed by atoms with Crippen LogP contribution >= 0.6 is 0 Å². The molecular formula is C20H36BN5. The zero-order chi connectivity index (χ0) is 20.3. The van der Waals surface area contributed by atoms with E-state index in [1.54, 1.807) is 0 Å². The SMILES string of the molecule is CCCCCCCCCC[N+](CC)(CC)CC.N#C[B-](C#N)(C#N)C#N. The molecule has 0 spiro atoms. The average molecular weight is 357 g/mol. The molecule has 0 unspecified atom stereocenters. The van der Waals surface area contributed by atoms with Gasteiger partial charge in [-0.15, -0.1) is 23.9 Å². The van der Waals surface area contributed by atoms with Crippen molar-refractivity contribution in [1.29, 1.82) is 21.0 Å². The maximum atomic E-state index is 8.09. The Hall–Kier alpha value is -2.02. The van der Waals surface area contributed by atoms with Gasteiger partial charge in [0.1, 0.15) is 0 Å². The topological polar surface area (TPSA) is 95.2 Å². The molecule has 0 amide bonds. The van der Waals surface area contributed by atoms with Crippen molar-refractivity contribution in [1.82, 2.24) is 0 Å². The molecule has 0 aromatic rings. The molecule has 0 saturated heterocycles.